The quantitative estimate of drug-likeness (QED) is 0.121. The van der Waals surface area contributed by atoms with Gasteiger partial charge in [-0.25, -0.2) is 9.78 Å². The second-order valence-corrected chi connectivity index (χ2v) is 16.6. The molecular formula is C42H48ClN5O5. The van der Waals surface area contributed by atoms with Crippen LogP contribution in [0.5, 0.6) is 0 Å². The molecule has 278 valence electrons. The summed E-state index contributed by atoms with van der Waals surface area (Å²) in [7, 11) is 0. The zero-order chi connectivity index (χ0) is 37.4. The van der Waals surface area contributed by atoms with E-state index in [9.17, 15) is 19.2 Å². The maximum atomic E-state index is 14.0. The second-order valence-electron chi connectivity index (χ2n) is 16.1. The number of aromatic amines is 1. The predicted molar refractivity (Wildman–Crippen MR) is 207 cm³/mol. The van der Waals surface area contributed by atoms with Gasteiger partial charge in [0.1, 0.15) is 17.2 Å². The second kappa shape index (κ2) is 15.0. The van der Waals surface area contributed by atoms with E-state index < -0.39 is 17.6 Å². The number of amides is 3. The molecule has 2 fully saturated rings. The first-order chi connectivity index (χ1) is 25.3. The number of ketones is 1. The van der Waals surface area contributed by atoms with Gasteiger partial charge >= 0.3 is 6.09 Å². The van der Waals surface area contributed by atoms with Gasteiger partial charge in [-0.05, 0) is 125 Å². The van der Waals surface area contributed by atoms with Crippen molar-refractivity contribution in [3.8, 4) is 11.1 Å². The molecule has 3 aliphatic rings. The summed E-state index contributed by atoms with van der Waals surface area (Å²) in [6.07, 6.45) is 5.68. The average Bonchev–Trinajstić information content (AvgIpc) is 3.76. The van der Waals surface area contributed by atoms with E-state index >= 15 is 0 Å². The number of carbonyl (C=O) groups is 4. The number of aryl methyl sites for hydroxylation is 1. The summed E-state index contributed by atoms with van der Waals surface area (Å²) in [5.74, 6) is 0.784. The largest absolute Gasteiger partial charge is 0.444 e. The zero-order valence-electron chi connectivity index (χ0n) is 30.9. The molecule has 2 aliphatic carbocycles. The highest BCUT2D eigenvalue weighted by Gasteiger charge is 2.32. The Balaban J connectivity index is 1.04. The van der Waals surface area contributed by atoms with E-state index in [-0.39, 0.29) is 42.3 Å². The first-order valence-corrected chi connectivity index (χ1v) is 19.2. The molecule has 0 unspecified atom stereocenters. The maximum absolute atomic E-state index is 14.0. The number of nitrogens with zero attached hydrogens (tertiary/aromatic N) is 1. The highest BCUT2D eigenvalue weighted by Crippen LogP contribution is 2.40. The Hall–Kier alpha value is -4.70. The normalized spacial score (nSPS) is 19.0. The van der Waals surface area contributed by atoms with Crippen LogP contribution in [-0.4, -0.2) is 45.8 Å². The number of Topliss-reactive ketones (excluding diaryl/α,β-unsaturated/α-hetero) is 1. The molecule has 4 aromatic rings. The molecule has 11 heteroatoms. The summed E-state index contributed by atoms with van der Waals surface area (Å²) in [4.78, 5) is 60.3. The van der Waals surface area contributed by atoms with Crippen LogP contribution in [0.25, 0.3) is 22.2 Å². The molecule has 4 N–H and O–H groups in total. The minimum absolute atomic E-state index is 0.0769. The highest BCUT2D eigenvalue weighted by atomic mass is 35.5. The molecule has 2 saturated carbocycles. The minimum atomic E-state index is -0.621. The number of rotatable bonds is 11. The Morgan fingerprint density at radius 3 is 2.43 bits per heavy atom. The van der Waals surface area contributed by atoms with Gasteiger partial charge in [0.2, 0.25) is 11.8 Å². The standard InChI is InChI=1S/C42H48ClN5O5/c1-23-15-35-36(48-39(47-35)28-13-14-28)20-31(23)26-9-5-24(6-10-26)16-29(40(51)45-30-18-33(43)32-21-38(50)46-34(32)19-30)17-37(49)27-11-7-25(8-12-27)22-44-41(52)53-42(2,3)4/h5-6,9-10,15,18-20,25,27-29H,7-8,11-14,16-17,21-22H2,1-4H3,(H,44,52)(H,45,51)(H,46,50)(H,47,48)/t25?,27?,29-/m1/s1. The van der Waals surface area contributed by atoms with Crippen molar-refractivity contribution < 1.29 is 23.9 Å². The molecule has 53 heavy (non-hydrogen) atoms. The van der Waals surface area contributed by atoms with Gasteiger partial charge in [-0.2, -0.15) is 0 Å². The highest BCUT2D eigenvalue weighted by molar-refractivity contribution is 6.33. The van der Waals surface area contributed by atoms with Crippen molar-refractivity contribution in [2.45, 2.75) is 97.0 Å². The molecule has 3 amide bonds. The van der Waals surface area contributed by atoms with Crippen molar-refractivity contribution >= 4 is 57.7 Å². The van der Waals surface area contributed by atoms with Crippen LogP contribution in [-0.2, 0) is 32.0 Å². The van der Waals surface area contributed by atoms with Crippen LogP contribution in [0.4, 0.5) is 16.2 Å². The number of hydrogen-bond acceptors (Lipinski definition) is 6. The third-order valence-electron chi connectivity index (χ3n) is 10.7. The van der Waals surface area contributed by atoms with Gasteiger partial charge < -0.3 is 25.7 Å². The fourth-order valence-corrected chi connectivity index (χ4v) is 7.93. The molecule has 0 saturated heterocycles. The number of nitrogens with one attached hydrogen (secondary N) is 4. The van der Waals surface area contributed by atoms with Crippen molar-refractivity contribution in [2.24, 2.45) is 17.8 Å². The molecule has 10 nitrogen and oxygen atoms in total. The zero-order valence-corrected chi connectivity index (χ0v) is 31.6. The summed E-state index contributed by atoms with van der Waals surface area (Å²) in [5.41, 5.74) is 7.51. The third-order valence-corrected chi connectivity index (χ3v) is 11.0. The fourth-order valence-electron chi connectivity index (χ4n) is 7.65. The first kappa shape index (κ1) is 36.6. The van der Waals surface area contributed by atoms with E-state index in [0.717, 1.165) is 52.0 Å². The number of aromatic nitrogens is 2. The Morgan fingerprint density at radius 2 is 1.74 bits per heavy atom. The predicted octanol–water partition coefficient (Wildman–Crippen LogP) is 8.65. The molecule has 0 radical (unpaired) electrons. The Labute approximate surface area is 315 Å². The molecule has 2 heterocycles. The molecule has 0 bridgehead atoms. The van der Waals surface area contributed by atoms with Crippen LogP contribution < -0.4 is 16.0 Å². The van der Waals surface area contributed by atoms with Gasteiger partial charge in [0.05, 0.1) is 17.5 Å². The number of halogens is 1. The van der Waals surface area contributed by atoms with Crippen LogP contribution in [0.3, 0.4) is 0 Å². The lowest BCUT2D eigenvalue weighted by Gasteiger charge is -2.29. The van der Waals surface area contributed by atoms with E-state index in [1.807, 2.05) is 32.9 Å². The van der Waals surface area contributed by atoms with Gasteiger partial charge in [0.25, 0.3) is 0 Å². The Kier molecular flexibility index (Phi) is 10.4. The molecule has 7 rings (SSSR count). The third kappa shape index (κ3) is 8.92. The smallest absolute Gasteiger partial charge is 0.407 e. The monoisotopic (exact) mass is 737 g/mol. The van der Waals surface area contributed by atoms with Crippen molar-refractivity contribution in [3.63, 3.8) is 0 Å². The minimum Gasteiger partial charge on any atom is -0.444 e. The van der Waals surface area contributed by atoms with Gasteiger partial charge in [0.15, 0.2) is 0 Å². The SMILES string of the molecule is Cc1cc2[nH]c(C3CC3)nc2cc1-c1ccc(C[C@H](CC(=O)C2CCC(CNC(=O)OC(C)(C)C)CC2)C(=O)Nc2cc(Cl)c3c(c2)NC(=O)C3)cc1. The van der Waals surface area contributed by atoms with Crippen molar-refractivity contribution in [1.29, 1.82) is 0 Å². The summed E-state index contributed by atoms with van der Waals surface area (Å²) in [5, 5.41) is 9.07. The van der Waals surface area contributed by atoms with Crippen molar-refractivity contribution in [1.82, 2.24) is 15.3 Å². The van der Waals surface area contributed by atoms with Gasteiger partial charge in [-0.3, -0.25) is 14.4 Å². The number of anilines is 2. The van der Waals surface area contributed by atoms with E-state index in [2.05, 4.69) is 52.1 Å². The van der Waals surface area contributed by atoms with Gasteiger partial charge in [0, 0.05) is 52.7 Å². The van der Waals surface area contributed by atoms with Gasteiger partial charge in [-0.1, -0.05) is 35.9 Å². The average molecular weight is 738 g/mol. The maximum Gasteiger partial charge on any atom is 0.407 e. The summed E-state index contributed by atoms with van der Waals surface area (Å²) >= 11 is 6.49. The lowest BCUT2D eigenvalue weighted by Crippen LogP contribution is -2.37. The molecule has 0 spiro atoms. The molecule has 3 aromatic carbocycles. The molecule has 1 atom stereocenters. The van der Waals surface area contributed by atoms with Crippen molar-refractivity contribution in [3.05, 3.63) is 76.1 Å². The first-order valence-electron chi connectivity index (χ1n) is 18.8. The number of ether oxygens (including phenoxy) is 1. The van der Waals surface area contributed by atoms with Crippen molar-refractivity contribution in [2.75, 3.05) is 17.2 Å². The van der Waals surface area contributed by atoms with Gasteiger partial charge in [-0.15, -0.1) is 0 Å². The topological polar surface area (TPSA) is 142 Å². The molecule has 1 aromatic heterocycles. The van der Waals surface area contributed by atoms with E-state index in [4.69, 9.17) is 21.3 Å². The lowest BCUT2D eigenvalue weighted by atomic mass is 9.77. The van der Waals surface area contributed by atoms with E-state index in [1.54, 1.807) is 12.1 Å². The molecular weight excluding hydrogens is 690 g/mol. The Bertz CT molecular complexity index is 2050. The number of alkyl carbamates (subject to hydrolysis) is 1. The Morgan fingerprint density at radius 1 is 1.00 bits per heavy atom. The van der Waals surface area contributed by atoms with E-state index in [0.29, 0.717) is 53.7 Å². The molecule has 1 aliphatic heterocycles. The number of imidazole rings is 1. The summed E-state index contributed by atoms with van der Waals surface area (Å²) < 4.78 is 5.37. The van der Waals surface area contributed by atoms with Crippen LogP contribution in [0, 0.1) is 24.7 Å². The number of H-pyrrole nitrogens is 1. The van der Waals surface area contributed by atoms with E-state index in [1.165, 1.54) is 12.8 Å². The summed E-state index contributed by atoms with van der Waals surface area (Å²) in [6, 6.07) is 15.9. The summed E-state index contributed by atoms with van der Waals surface area (Å²) in [6.45, 7) is 8.12. The fraction of sp³-hybridized carbons (Fsp3) is 0.452. The number of fused-ring (bicyclic) bond motifs is 2. The number of carbonyl (C=O) groups excluding carboxylic acids is 4. The van der Waals surface area contributed by atoms with Crippen LogP contribution in [0.2, 0.25) is 5.02 Å². The van der Waals surface area contributed by atoms with Crippen LogP contribution in [0.15, 0.2) is 48.5 Å². The lowest BCUT2D eigenvalue weighted by molar-refractivity contribution is -0.129. The van der Waals surface area contributed by atoms with Crippen LogP contribution in [0.1, 0.15) is 94.1 Å². The number of benzene rings is 3. The number of hydrogen-bond donors (Lipinski definition) is 4. The van der Waals surface area contributed by atoms with Crippen LogP contribution >= 0.6 is 11.6 Å².